The Morgan fingerprint density at radius 3 is 2.29 bits per heavy atom. The number of alkyl halides is 1. The van der Waals surface area contributed by atoms with Gasteiger partial charge in [0.25, 0.3) is 5.91 Å². The normalized spacial score (nSPS) is 27.8. The molecule has 2 aromatic heterocycles. The average molecular weight is 946 g/mol. The highest BCUT2D eigenvalue weighted by Gasteiger charge is 2.67. The maximum absolute atomic E-state index is 14.5. The van der Waals surface area contributed by atoms with E-state index in [2.05, 4.69) is 21.4 Å². The van der Waals surface area contributed by atoms with Gasteiger partial charge in [-0.15, -0.1) is 11.6 Å². The first-order valence-electron chi connectivity index (χ1n) is 24.6. The van der Waals surface area contributed by atoms with Crippen molar-refractivity contribution in [3.05, 3.63) is 137 Å². The number of hydrogen-bond donors (Lipinski definition) is 3. The number of fused-ring (bicyclic) bond motifs is 5. The third kappa shape index (κ3) is 7.58. The highest BCUT2D eigenvalue weighted by molar-refractivity contribution is 6.19. The quantitative estimate of drug-likeness (QED) is 0.0698. The zero-order valence-corrected chi connectivity index (χ0v) is 38.9. The van der Waals surface area contributed by atoms with Crippen molar-refractivity contribution in [1.29, 1.82) is 0 Å². The van der Waals surface area contributed by atoms with Crippen LogP contribution in [0.25, 0.3) is 32.6 Å². The Morgan fingerprint density at radius 1 is 0.768 bits per heavy atom. The lowest BCUT2D eigenvalue weighted by atomic mass is 9.53. The van der Waals surface area contributed by atoms with E-state index in [-0.39, 0.29) is 36.7 Å². The summed E-state index contributed by atoms with van der Waals surface area (Å²) < 4.78 is 19.4. The Balaban J connectivity index is 0.670. The molecule has 5 aliphatic carbocycles. The Labute approximate surface area is 403 Å². The van der Waals surface area contributed by atoms with Gasteiger partial charge in [-0.2, -0.15) is 9.78 Å². The Bertz CT molecular complexity index is 3120. The van der Waals surface area contributed by atoms with E-state index in [1.807, 2.05) is 103 Å². The number of benzene rings is 5. The van der Waals surface area contributed by atoms with E-state index >= 15 is 0 Å². The molecule has 352 valence electrons. The first-order chi connectivity index (χ1) is 33.7. The van der Waals surface area contributed by atoms with Crippen LogP contribution in [0.3, 0.4) is 0 Å². The number of amides is 2. The molecular formula is C56H53ClN4O8. The van der Waals surface area contributed by atoms with Gasteiger partial charge in [0.1, 0.15) is 24.2 Å². The Kier molecular flexibility index (Phi) is 10.4. The number of ketones is 1. The van der Waals surface area contributed by atoms with E-state index in [9.17, 15) is 14.4 Å². The molecule has 4 heterocycles. The predicted molar refractivity (Wildman–Crippen MR) is 263 cm³/mol. The predicted octanol–water partition coefficient (Wildman–Crippen LogP) is 12.1. The molecule has 14 rings (SSSR count). The van der Waals surface area contributed by atoms with Crippen molar-refractivity contribution in [1.82, 2.24) is 9.97 Å². The second kappa shape index (κ2) is 16.8. The number of rotatable bonds is 10. The van der Waals surface area contributed by atoms with Gasteiger partial charge >= 0.3 is 6.09 Å². The number of hydrogen-bond acceptors (Lipinski definition) is 8. The number of aromatic amines is 2. The number of nitrogens with zero attached hydrogens (tertiary/aromatic N) is 1. The van der Waals surface area contributed by atoms with Crippen LogP contribution in [0, 0.1) is 23.7 Å². The zero-order valence-electron chi connectivity index (χ0n) is 38.1. The summed E-state index contributed by atoms with van der Waals surface area (Å²) >= 11 is 6.63. The van der Waals surface area contributed by atoms with Gasteiger partial charge in [0.05, 0.1) is 11.4 Å². The summed E-state index contributed by atoms with van der Waals surface area (Å²) in [5.41, 5.74) is 6.89. The minimum atomic E-state index is -0.878. The van der Waals surface area contributed by atoms with Gasteiger partial charge < -0.3 is 29.1 Å². The molecule has 2 amide bonds. The molecule has 0 radical (unpaired) electrons. The molecule has 12 nitrogen and oxygen atoms in total. The summed E-state index contributed by atoms with van der Waals surface area (Å²) in [6.45, 7) is 0.672. The number of nitrogens with one attached hydrogen (secondary N) is 3. The lowest BCUT2D eigenvalue weighted by Crippen LogP contribution is -2.59. The van der Waals surface area contributed by atoms with Gasteiger partial charge in [-0.25, -0.2) is 4.79 Å². The third-order valence-electron chi connectivity index (χ3n) is 16.1. The van der Waals surface area contributed by atoms with Gasteiger partial charge in [-0.3, -0.25) is 14.9 Å². The van der Waals surface area contributed by atoms with E-state index in [4.69, 9.17) is 35.6 Å². The second-order valence-corrected chi connectivity index (χ2v) is 20.8. The minimum absolute atomic E-state index is 0.00562. The fraction of sp³-hybridized carbons (Fsp3) is 0.375. The van der Waals surface area contributed by atoms with Crippen LogP contribution in [0.1, 0.15) is 101 Å². The molecule has 7 aliphatic rings. The number of halogens is 1. The molecule has 5 saturated carbocycles. The van der Waals surface area contributed by atoms with Crippen LogP contribution >= 0.6 is 11.6 Å². The van der Waals surface area contributed by atoms with E-state index < -0.39 is 17.7 Å². The van der Waals surface area contributed by atoms with E-state index in [0.29, 0.717) is 53.5 Å². The highest BCUT2D eigenvalue weighted by atomic mass is 35.5. The van der Waals surface area contributed by atoms with Crippen molar-refractivity contribution in [3.8, 4) is 5.75 Å². The summed E-state index contributed by atoms with van der Waals surface area (Å²) in [7, 11) is 0. The monoisotopic (exact) mass is 944 g/mol. The lowest BCUT2D eigenvalue weighted by Gasteiger charge is -2.57. The molecule has 7 aromatic rings. The maximum Gasteiger partial charge on any atom is 0.411 e. The molecule has 3 N–H and O–H groups in total. The summed E-state index contributed by atoms with van der Waals surface area (Å²) in [6.07, 6.45) is 8.03. The van der Waals surface area contributed by atoms with Crippen molar-refractivity contribution in [2.45, 2.75) is 94.4 Å². The molecule has 5 aromatic carbocycles. The summed E-state index contributed by atoms with van der Waals surface area (Å²) in [5.74, 6) is 1.51. The Morgan fingerprint density at radius 2 is 1.49 bits per heavy atom. The highest BCUT2D eigenvalue weighted by Crippen LogP contribution is 2.64. The van der Waals surface area contributed by atoms with E-state index in [1.165, 1.54) is 6.42 Å². The van der Waals surface area contributed by atoms with Gasteiger partial charge in [-0.1, -0.05) is 60.7 Å². The van der Waals surface area contributed by atoms with Crippen molar-refractivity contribution >= 4 is 73.3 Å². The molecule has 4 bridgehead atoms. The fourth-order valence-corrected chi connectivity index (χ4v) is 13.3. The van der Waals surface area contributed by atoms with Crippen molar-refractivity contribution in [2.75, 3.05) is 22.6 Å². The first-order valence-corrected chi connectivity index (χ1v) is 25.1. The molecule has 2 spiro atoms. The number of anilines is 2. The maximum atomic E-state index is 14.5. The van der Waals surface area contributed by atoms with Crippen LogP contribution in [-0.4, -0.2) is 57.9 Å². The number of para-hydroxylation sites is 1. The van der Waals surface area contributed by atoms with Gasteiger partial charge in [-0.05, 0) is 121 Å². The first kappa shape index (κ1) is 42.9. The standard InChI is InChI=1S/C56H53ClN4O8/c57-29-38-30-61(53(63)48-26-37-19-33(13-16-46(37)60-48)24-50(62)47-25-36-6-1-4-10-45(36)59-47)49-27-51(43-8-2-3-9-44(43)52(38)49)65-31-32-11-14-41(15-12-32)58-54(64)66-42-7-5-17-55(28-42)67-56(69-68-55)39-20-34-18-35(22-39)23-40(56)21-34/h1-4,6,8-16,19,25-27,34-35,38-40,42,59-60H,5,7,17-18,20-24,28-31H2,(H,58,64)/t34?,35?,38?,39?,40?,42?,55-,56?/m1/s1. The number of carbonyl (C=O) groups excluding carboxylic acids is 3. The lowest BCUT2D eigenvalue weighted by molar-refractivity contribution is -0.390. The SMILES string of the molecule is O=C(Nc1ccc(COc2cc3c(c4ccccc24)C(CCl)CN3C(=O)c2cc3cc(CC(=O)c4cc5ccccc5[nH]4)ccc3[nH]2)cc1)OC1CCC[C@]2(C1)OOC1(O2)C2CC3CC(C2)CC1C3. The van der Waals surface area contributed by atoms with Crippen LogP contribution < -0.4 is 15.0 Å². The number of H-pyrrole nitrogens is 2. The third-order valence-corrected chi connectivity index (χ3v) is 16.5. The molecule has 69 heavy (non-hydrogen) atoms. The van der Waals surface area contributed by atoms with Gasteiger partial charge in [0.15, 0.2) is 5.78 Å². The molecule has 1 saturated heterocycles. The molecular weight excluding hydrogens is 892 g/mol. The van der Waals surface area contributed by atoms with Crippen LogP contribution in [0.2, 0.25) is 0 Å². The largest absolute Gasteiger partial charge is 0.488 e. The second-order valence-electron chi connectivity index (χ2n) is 20.5. The molecule has 6 fully saturated rings. The number of aromatic nitrogens is 2. The minimum Gasteiger partial charge on any atom is -0.488 e. The van der Waals surface area contributed by atoms with Crippen molar-refractivity contribution in [2.24, 2.45) is 23.7 Å². The van der Waals surface area contributed by atoms with E-state index in [1.54, 1.807) is 4.90 Å². The summed E-state index contributed by atoms with van der Waals surface area (Å²) in [4.78, 5) is 61.7. The summed E-state index contributed by atoms with van der Waals surface area (Å²) in [5, 5.41) is 6.67. The molecule has 2 unspecified atom stereocenters. The van der Waals surface area contributed by atoms with Crippen LogP contribution in [0.15, 0.2) is 109 Å². The number of carbonyl (C=O) groups is 3. The summed E-state index contributed by atoms with van der Waals surface area (Å²) in [6, 6.07) is 34.9. The molecule has 3 atom stereocenters. The molecule has 2 aliphatic heterocycles. The average Bonchev–Trinajstić information content (AvgIpc) is 4.16. The zero-order chi connectivity index (χ0) is 46.4. The Hall–Kier alpha value is -6.18. The fourth-order valence-electron chi connectivity index (χ4n) is 13.1. The van der Waals surface area contributed by atoms with Crippen molar-refractivity contribution < 1.29 is 38.4 Å². The number of ether oxygens (including phenoxy) is 3. The van der Waals surface area contributed by atoms with Gasteiger partial charge in [0, 0.05) is 88.4 Å². The molecule has 13 heteroatoms. The van der Waals surface area contributed by atoms with Crippen molar-refractivity contribution in [3.63, 3.8) is 0 Å². The van der Waals surface area contributed by atoms with E-state index in [0.717, 1.165) is 112 Å². The van der Waals surface area contributed by atoms with Gasteiger partial charge in [0.2, 0.25) is 11.6 Å². The van der Waals surface area contributed by atoms with Crippen LogP contribution in [0.5, 0.6) is 5.75 Å². The smallest absolute Gasteiger partial charge is 0.411 e. The van der Waals surface area contributed by atoms with Crippen LogP contribution in [0.4, 0.5) is 16.2 Å². The topological polar surface area (TPSA) is 144 Å². The number of Topliss-reactive ketones (excluding diaryl/α,β-unsaturated/α-hetero) is 1. The van der Waals surface area contributed by atoms with Crippen LogP contribution in [-0.2, 0) is 32.3 Å².